The van der Waals surface area contributed by atoms with Gasteiger partial charge in [-0.1, -0.05) is 5.16 Å². The molecule has 0 amide bonds. The lowest BCUT2D eigenvalue weighted by Gasteiger charge is -2.24. The van der Waals surface area contributed by atoms with E-state index >= 15 is 0 Å². The molecule has 0 aromatic carbocycles. The van der Waals surface area contributed by atoms with Crippen LogP contribution in [0.1, 0.15) is 24.1 Å². The minimum absolute atomic E-state index is 0.00329. The number of rotatable bonds is 2. The van der Waals surface area contributed by atoms with Gasteiger partial charge in [0, 0.05) is 6.61 Å². The smallest absolute Gasteiger partial charge is 0.392 e. The average molecular weight is 252 g/mol. The largest absolute Gasteiger partial charge is 0.396 e. The van der Waals surface area contributed by atoms with E-state index in [1.165, 1.54) is 0 Å². The Kier molecular flexibility index (Phi) is 3.34. The number of halogens is 3. The second kappa shape index (κ2) is 4.61. The Bertz CT molecular complexity index is 380. The van der Waals surface area contributed by atoms with E-state index in [0.717, 1.165) is 0 Å². The van der Waals surface area contributed by atoms with Crippen molar-refractivity contribution < 1.29 is 27.5 Å². The third kappa shape index (κ3) is 3.16. The summed E-state index contributed by atoms with van der Waals surface area (Å²) in [5, 5.41) is 12.9. The Balaban J connectivity index is 2.07. The van der Waals surface area contributed by atoms with Gasteiger partial charge in [-0.3, -0.25) is 0 Å². The fraction of sp³-hybridized carbons (Fsp3) is 0.778. The van der Waals surface area contributed by atoms with Gasteiger partial charge in [0.05, 0.1) is 18.6 Å². The van der Waals surface area contributed by atoms with Crippen LogP contribution >= 0.6 is 0 Å². The lowest BCUT2D eigenvalue weighted by Crippen LogP contribution is -2.30. The van der Waals surface area contributed by atoms with Crippen molar-refractivity contribution in [2.24, 2.45) is 0 Å². The summed E-state index contributed by atoms with van der Waals surface area (Å²) in [7, 11) is 0. The molecule has 1 saturated heterocycles. The number of ether oxygens (including phenoxy) is 1. The maximum absolute atomic E-state index is 12.1. The molecule has 8 heteroatoms. The van der Waals surface area contributed by atoms with Crippen LogP contribution in [-0.4, -0.2) is 40.7 Å². The number of hydrogen-bond acceptors (Lipinski definition) is 5. The molecule has 0 spiro atoms. The molecule has 1 aromatic heterocycles. The summed E-state index contributed by atoms with van der Waals surface area (Å²) >= 11 is 0. The van der Waals surface area contributed by atoms with E-state index in [0.29, 0.717) is 13.0 Å². The number of aromatic nitrogens is 2. The van der Waals surface area contributed by atoms with E-state index in [-0.39, 0.29) is 12.5 Å². The highest BCUT2D eigenvalue weighted by molar-refractivity contribution is 4.99. The minimum Gasteiger partial charge on any atom is -0.392 e. The summed E-state index contributed by atoms with van der Waals surface area (Å²) in [6.07, 6.45) is -5.92. The van der Waals surface area contributed by atoms with Crippen molar-refractivity contribution in [3.63, 3.8) is 0 Å². The number of aliphatic hydroxyl groups excluding tert-OH is 1. The first-order valence-electron chi connectivity index (χ1n) is 5.11. The van der Waals surface area contributed by atoms with Gasteiger partial charge in [-0.25, -0.2) is 0 Å². The number of alkyl halides is 3. The van der Waals surface area contributed by atoms with Gasteiger partial charge in [-0.15, -0.1) is 0 Å². The van der Waals surface area contributed by atoms with Gasteiger partial charge in [0.15, 0.2) is 5.82 Å². The minimum atomic E-state index is -4.37. The highest BCUT2D eigenvalue weighted by Crippen LogP contribution is 2.26. The summed E-state index contributed by atoms with van der Waals surface area (Å²) in [6.45, 7) is 0.593. The molecule has 0 aliphatic carbocycles. The molecular formula is C9H11F3N2O3. The number of aliphatic hydroxyl groups is 1. The van der Waals surface area contributed by atoms with Crippen LogP contribution < -0.4 is 0 Å². The van der Waals surface area contributed by atoms with Crippen molar-refractivity contribution >= 4 is 0 Å². The zero-order valence-electron chi connectivity index (χ0n) is 8.78. The van der Waals surface area contributed by atoms with Crippen molar-refractivity contribution in [2.45, 2.75) is 31.0 Å². The molecule has 0 saturated carbocycles. The topological polar surface area (TPSA) is 68.4 Å². The summed E-state index contributed by atoms with van der Waals surface area (Å²) < 4.78 is 46.0. The molecule has 2 atom stereocenters. The van der Waals surface area contributed by atoms with Crippen LogP contribution in [0.25, 0.3) is 0 Å². The van der Waals surface area contributed by atoms with Gasteiger partial charge in [0.2, 0.25) is 5.89 Å². The van der Waals surface area contributed by atoms with Crippen molar-refractivity contribution in [1.29, 1.82) is 0 Å². The van der Waals surface area contributed by atoms with E-state index in [2.05, 4.69) is 10.1 Å². The monoisotopic (exact) mass is 252 g/mol. The van der Waals surface area contributed by atoms with Crippen LogP contribution in [0.2, 0.25) is 0 Å². The molecule has 2 rings (SSSR count). The molecule has 0 radical (unpaired) electrons. The van der Waals surface area contributed by atoms with Crippen molar-refractivity contribution in [3.05, 3.63) is 11.7 Å². The summed E-state index contributed by atoms with van der Waals surface area (Å²) in [5.74, 6) is -0.972. The maximum atomic E-state index is 12.1. The summed E-state index contributed by atoms with van der Waals surface area (Å²) in [4.78, 5) is 3.63. The zero-order chi connectivity index (χ0) is 12.5. The molecule has 5 nitrogen and oxygen atoms in total. The molecule has 96 valence electrons. The molecule has 2 heterocycles. The van der Waals surface area contributed by atoms with Crippen LogP contribution in [0.5, 0.6) is 0 Å². The second-order valence-corrected chi connectivity index (χ2v) is 3.88. The summed E-state index contributed by atoms with van der Waals surface area (Å²) in [6, 6.07) is 0. The second-order valence-electron chi connectivity index (χ2n) is 3.88. The molecule has 1 N–H and O–H groups in total. The Hall–Kier alpha value is -1.15. The van der Waals surface area contributed by atoms with Gasteiger partial charge in [0.1, 0.15) is 6.42 Å². The SMILES string of the molecule is OC1CCOCC1c1nc(CC(F)(F)F)no1. The third-order valence-corrected chi connectivity index (χ3v) is 2.48. The van der Waals surface area contributed by atoms with Crippen LogP contribution in [0.15, 0.2) is 4.52 Å². The molecule has 1 aliphatic heterocycles. The standard InChI is InChI=1S/C9H11F3N2O3/c10-9(11,12)3-7-13-8(17-14-7)5-4-16-2-1-6(5)15/h5-6,15H,1-4H2. The first kappa shape index (κ1) is 12.3. The highest BCUT2D eigenvalue weighted by atomic mass is 19.4. The van der Waals surface area contributed by atoms with Crippen molar-refractivity contribution in [2.75, 3.05) is 13.2 Å². The molecule has 17 heavy (non-hydrogen) atoms. The zero-order valence-corrected chi connectivity index (χ0v) is 8.78. The Morgan fingerprint density at radius 1 is 1.41 bits per heavy atom. The van der Waals surface area contributed by atoms with Crippen molar-refractivity contribution in [1.82, 2.24) is 10.1 Å². The van der Waals surface area contributed by atoms with Gasteiger partial charge < -0.3 is 14.4 Å². The first-order chi connectivity index (χ1) is 7.96. The fourth-order valence-electron chi connectivity index (χ4n) is 1.63. The number of nitrogens with zero attached hydrogens (tertiary/aromatic N) is 2. The first-order valence-corrected chi connectivity index (χ1v) is 5.11. The molecular weight excluding hydrogens is 241 g/mol. The lowest BCUT2D eigenvalue weighted by molar-refractivity contribution is -0.128. The number of hydrogen-bond donors (Lipinski definition) is 1. The van der Waals surface area contributed by atoms with E-state index < -0.39 is 30.4 Å². The Morgan fingerprint density at radius 3 is 2.82 bits per heavy atom. The van der Waals surface area contributed by atoms with Crippen molar-refractivity contribution in [3.8, 4) is 0 Å². The fourth-order valence-corrected chi connectivity index (χ4v) is 1.63. The van der Waals surface area contributed by atoms with Gasteiger partial charge in [0.25, 0.3) is 0 Å². The maximum Gasteiger partial charge on any atom is 0.396 e. The molecule has 0 bridgehead atoms. The van der Waals surface area contributed by atoms with Crippen LogP contribution in [0.3, 0.4) is 0 Å². The van der Waals surface area contributed by atoms with E-state index in [1.54, 1.807) is 0 Å². The molecule has 2 unspecified atom stereocenters. The van der Waals surface area contributed by atoms with Gasteiger partial charge >= 0.3 is 6.18 Å². The third-order valence-electron chi connectivity index (χ3n) is 2.48. The van der Waals surface area contributed by atoms with E-state index in [1.807, 2.05) is 0 Å². The summed E-state index contributed by atoms with van der Waals surface area (Å²) in [5.41, 5.74) is 0. The Morgan fingerprint density at radius 2 is 2.18 bits per heavy atom. The van der Waals surface area contributed by atoms with Crippen LogP contribution in [0.4, 0.5) is 13.2 Å². The van der Waals surface area contributed by atoms with Gasteiger partial charge in [-0.05, 0) is 6.42 Å². The lowest BCUT2D eigenvalue weighted by atomic mass is 9.99. The highest BCUT2D eigenvalue weighted by Gasteiger charge is 2.34. The Labute approximate surface area is 94.6 Å². The van der Waals surface area contributed by atoms with Crippen LogP contribution in [0, 0.1) is 0 Å². The normalized spacial score (nSPS) is 26.1. The van der Waals surface area contributed by atoms with Gasteiger partial charge in [-0.2, -0.15) is 18.2 Å². The molecule has 1 fully saturated rings. The van der Waals surface area contributed by atoms with Crippen LogP contribution in [-0.2, 0) is 11.2 Å². The predicted octanol–water partition coefficient (Wildman–Crippen LogP) is 1.04. The quantitative estimate of drug-likeness (QED) is 0.851. The van der Waals surface area contributed by atoms with E-state index in [9.17, 15) is 18.3 Å². The molecule has 1 aliphatic rings. The average Bonchev–Trinajstić information content (AvgIpc) is 2.64. The molecule has 1 aromatic rings. The predicted molar refractivity (Wildman–Crippen MR) is 48.2 cm³/mol. The van der Waals surface area contributed by atoms with E-state index in [4.69, 9.17) is 9.26 Å².